The molecule has 1 saturated heterocycles. The van der Waals surface area contributed by atoms with E-state index in [0.717, 1.165) is 18.8 Å². The molecule has 1 aromatic carbocycles. The summed E-state index contributed by atoms with van der Waals surface area (Å²) in [5.74, 6) is 0.603. The lowest BCUT2D eigenvalue weighted by Gasteiger charge is -2.33. The van der Waals surface area contributed by atoms with Crippen LogP contribution in [0.4, 0.5) is 5.69 Å². The molecule has 0 amide bonds. The van der Waals surface area contributed by atoms with Crippen molar-refractivity contribution < 1.29 is 0 Å². The van der Waals surface area contributed by atoms with Gasteiger partial charge in [-0.25, -0.2) is 0 Å². The minimum absolute atomic E-state index is 0.603. The molecule has 94 valence electrons. The molecule has 0 spiro atoms. The Labute approximate surface area is 108 Å². The number of hydrogen-bond donors (Lipinski definition) is 1. The maximum Gasteiger partial charge on any atom is 0.0788 e. The van der Waals surface area contributed by atoms with Crippen LogP contribution in [0, 0.1) is 5.92 Å². The number of nitrogens with zero attached hydrogens (tertiary/aromatic N) is 2. The summed E-state index contributed by atoms with van der Waals surface area (Å²) in [7, 11) is 0. The Kier molecular flexibility index (Phi) is 3.05. The van der Waals surface area contributed by atoms with Crippen molar-refractivity contribution in [2.45, 2.75) is 12.8 Å². The molecule has 0 aliphatic carbocycles. The van der Waals surface area contributed by atoms with E-state index in [2.05, 4.69) is 46.3 Å². The lowest BCUT2D eigenvalue weighted by molar-refractivity contribution is 0.503. The minimum Gasteiger partial charge on any atom is -0.400 e. The second kappa shape index (κ2) is 4.84. The maximum atomic E-state index is 5.79. The third kappa shape index (κ3) is 2.26. The highest BCUT2D eigenvalue weighted by Gasteiger charge is 2.23. The van der Waals surface area contributed by atoms with Gasteiger partial charge in [-0.05, 0) is 31.1 Å². The maximum absolute atomic E-state index is 5.79. The summed E-state index contributed by atoms with van der Waals surface area (Å²) in [6, 6.07) is 10.6. The number of rotatable bonds is 2. The molecule has 0 bridgehead atoms. The minimum atomic E-state index is 0.603. The van der Waals surface area contributed by atoms with Crippen LogP contribution >= 0.6 is 0 Å². The van der Waals surface area contributed by atoms with Gasteiger partial charge in [0.2, 0.25) is 0 Å². The number of benzene rings is 1. The normalized spacial score (nSPS) is 20.8. The fraction of sp³-hybridized carbons (Fsp3) is 0.400. The average molecular weight is 241 g/mol. The molecule has 2 heterocycles. The summed E-state index contributed by atoms with van der Waals surface area (Å²) in [5, 5.41) is 0. The summed E-state index contributed by atoms with van der Waals surface area (Å²) >= 11 is 0. The van der Waals surface area contributed by atoms with Crippen LogP contribution < -0.4 is 10.6 Å². The second-order valence-electron chi connectivity index (χ2n) is 5.06. The van der Waals surface area contributed by atoms with Gasteiger partial charge in [0.05, 0.1) is 6.54 Å². The first kappa shape index (κ1) is 11.3. The van der Waals surface area contributed by atoms with Crippen molar-refractivity contribution in [2.75, 3.05) is 24.5 Å². The first-order chi connectivity index (χ1) is 8.83. The Morgan fingerprint density at radius 1 is 1.11 bits per heavy atom. The Morgan fingerprint density at radius 3 is 2.44 bits per heavy atom. The van der Waals surface area contributed by atoms with Gasteiger partial charge in [-0.2, -0.15) is 0 Å². The SMILES string of the molecule is NC1=CC(C2CCN(c3ccccc3)CC2)=NC1. The molecule has 2 aliphatic heterocycles. The summed E-state index contributed by atoms with van der Waals surface area (Å²) in [5.41, 5.74) is 9.25. The molecular weight excluding hydrogens is 222 g/mol. The van der Waals surface area contributed by atoms with Gasteiger partial charge in [0.15, 0.2) is 0 Å². The van der Waals surface area contributed by atoms with E-state index in [-0.39, 0.29) is 0 Å². The van der Waals surface area contributed by atoms with Crippen molar-refractivity contribution >= 4 is 11.4 Å². The quantitative estimate of drug-likeness (QED) is 0.862. The molecule has 0 radical (unpaired) electrons. The van der Waals surface area contributed by atoms with Gasteiger partial charge >= 0.3 is 0 Å². The van der Waals surface area contributed by atoms with E-state index in [9.17, 15) is 0 Å². The van der Waals surface area contributed by atoms with Crippen LogP contribution in [0.1, 0.15) is 12.8 Å². The fourth-order valence-corrected chi connectivity index (χ4v) is 2.78. The molecule has 3 nitrogen and oxygen atoms in total. The van der Waals surface area contributed by atoms with Crippen LogP contribution in [-0.2, 0) is 0 Å². The third-order valence-electron chi connectivity index (χ3n) is 3.81. The largest absolute Gasteiger partial charge is 0.400 e. The van der Waals surface area contributed by atoms with Crippen molar-refractivity contribution in [1.82, 2.24) is 0 Å². The van der Waals surface area contributed by atoms with Crippen LogP contribution in [0.3, 0.4) is 0 Å². The molecule has 1 aromatic rings. The van der Waals surface area contributed by atoms with E-state index in [1.54, 1.807) is 0 Å². The lowest BCUT2D eigenvalue weighted by Crippen LogP contribution is -2.35. The summed E-state index contributed by atoms with van der Waals surface area (Å²) in [6.45, 7) is 2.93. The fourth-order valence-electron chi connectivity index (χ4n) is 2.78. The summed E-state index contributed by atoms with van der Waals surface area (Å²) < 4.78 is 0. The first-order valence-electron chi connectivity index (χ1n) is 6.63. The standard InChI is InChI=1S/C15H19N3/c16-13-10-15(17-11-13)12-6-8-18(9-7-12)14-4-2-1-3-5-14/h1-5,10,12H,6-9,11,16H2. The van der Waals surface area contributed by atoms with E-state index in [0.29, 0.717) is 12.5 Å². The number of allylic oxidation sites excluding steroid dienone is 1. The smallest absolute Gasteiger partial charge is 0.0788 e. The molecule has 0 unspecified atom stereocenters. The van der Waals surface area contributed by atoms with Crippen LogP contribution in [0.2, 0.25) is 0 Å². The summed E-state index contributed by atoms with van der Waals surface area (Å²) in [4.78, 5) is 6.98. The Balaban J connectivity index is 1.62. The number of nitrogens with two attached hydrogens (primary N) is 1. The molecule has 3 heteroatoms. The van der Waals surface area contributed by atoms with Gasteiger partial charge in [0.1, 0.15) is 0 Å². The molecule has 2 aliphatic rings. The van der Waals surface area contributed by atoms with Crippen molar-refractivity contribution in [2.24, 2.45) is 16.6 Å². The van der Waals surface area contributed by atoms with Gasteiger partial charge in [-0.15, -0.1) is 0 Å². The van der Waals surface area contributed by atoms with E-state index in [1.807, 2.05) is 0 Å². The van der Waals surface area contributed by atoms with Gasteiger partial charge < -0.3 is 10.6 Å². The van der Waals surface area contributed by atoms with Crippen LogP contribution in [0.25, 0.3) is 0 Å². The number of piperidine rings is 1. The molecule has 0 saturated carbocycles. The van der Waals surface area contributed by atoms with Gasteiger partial charge in [-0.1, -0.05) is 18.2 Å². The third-order valence-corrected chi connectivity index (χ3v) is 3.81. The number of para-hydroxylation sites is 1. The highest BCUT2D eigenvalue weighted by atomic mass is 15.1. The van der Waals surface area contributed by atoms with Crippen LogP contribution in [0.15, 0.2) is 47.1 Å². The molecule has 0 atom stereocenters. The Hall–Kier alpha value is -1.77. The van der Waals surface area contributed by atoms with Crippen molar-refractivity contribution in [3.05, 3.63) is 42.1 Å². The van der Waals surface area contributed by atoms with E-state index < -0.39 is 0 Å². The van der Waals surface area contributed by atoms with Gasteiger partial charge in [-0.3, -0.25) is 4.99 Å². The van der Waals surface area contributed by atoms with Crippen molar-refractivity contribution in [1.29, 1.82) is 0 Å². The molecule has 0 aromatic heterocycles. The van der Waals surface area contributed by atoms with E-state index in [1.165, 1.54) is 24.2 Å². The molecular formula is C15H19N3. The lowest BCUT2D eigenvalue weighted by atomic mass is 9.91. The van der Waals surface area contributed by atoms with Crippen LogP contribution in [0.5, 0.6) is 0 Å². The van der Waals surface area contributed by atoms with Gasteiger partial charge in [0, 0.05) is 36.1 Å². The van der Waals surface area contributed by atoms with E-state index in [4.69, 9.17) is 5.73 Å². The second-order valence-corrected chi connectivity index (χ2v) is 5.06. The zero-order valence-corrected chi connectivity index (χ0v) is 10.5. The first-order valence-corrected chi connectivity index (χ1v) is 6.63. The number of hydrogen-bond acceptors (Lipinski definition) is 3. The predicted molar refractivity (Wildman–Crippen MR) is 76.0 cm³/mol. The van der Waals surface area contributed by atoms with Crippen molar-refractivity contribution in [3.63, 3.8) is 0 Å². The topological polar surface area (TPSA) is 41.6 Å². The van der Waals surface area contributed by atoms with Gasteiger partial charge in [0.25, 0.3) is 0 Å². The zero-order valence-electron chi connectivity index (χ0n) is 10.5. The average Bonchev–Trinajstić information content (AvgIpc) is 2.87. The molecule has 18 heavy (non-hydrogen) atoms. The molecule has 2 N–H and O–H groups in total. The van der Waals surface area contributed by atoms with Crippen molar-refractivity contribution in [3.8, 4) is 0 Å². The highest BCUT2D eigenvalue weighted by molar-refractivity contribution is 5.99. The zero-order chi connectivity index (χ0) is 12.4. The Bertz CT molecular complexity index is 468. The molecule has 1 fully saturated rings. The number of anilines is 1. The summed E-state index contributed by atoms with van der Waals surface area (Å²) in [6.07, 6.45) is 4.43. The predicted octanol–water partition coefficient (Wildman–Crippen LogP) is 2.20. The molecule has 3 rings (SSSR count). The van der Waals surface area contributed by atoms with E-state index >= 15 is 0 Å². The monoisotopic (exact) mass is 241 g/mol. The Morgan fingerprint density at radius 2 is 1.83 bits per heavy atom. The van der Waals surface area contributed by atoms with Crippen LogP contribution in [-0.4, -0.2) is 25.3 Å². The number of aliphatic imine (C=N–C) groups is 1. The highest BCUT2D eigenvalue weighted by Crippen LogP contribution is 2.25.